The summed E-state index contributed by atoms with van der Waals surface area (Å²) in [6, 6.07) is 6.79. The van der Waals surface area contributed by atoms with Crippen LogP contribution < -0.4 is 10.5 Å². The van der Waals surface area contributed by atoms with Gasteiger partial charge in [-0.3, -0.25) is 0 Å². The zero-order chi connectivity index (χ0) is 14.6. The number of phenols is 1. The lowest BCUT2D eigenvalue weighted by molar-refractivity contribution is 0.185. The van der Waals surface area contributed by atoms with Gasteiger partial charge in [-0.2, -0.15) is 0 Å². The number of rotatable bonds is 5. The lowest BCUT2D eigenvalue weighted by Gasteiger charge is -2.29. The Bertz CT molecular complexity index is 530. The number of sulfone groups is 1. The van der Waals surface area contributed by atoms with Crippen molar-refractivity contribution in [1.82, 2.24) is 0 Å². The number of hydrogen-bond acceptors (Lipinski definition) is 5. The van der Waals surface area contributed by atoms with E-state index in [2.05, 4.69) is 0 Å². The minimum absolute atomic E-state index is 0.106. The van der Waals surface area contributed by atoms with E-state index in [-0.39, 0.29) is 29.1 Å². The highest BCUT2D eigenvalue weighted by atomic mass is 32.2. The highest BCUT2D eigenvalue weighted by Gasteiger charge is 2.29. The Morgan fingerprint density at radius 1 is 1.30 bits per heavy atom. The Kier molecular flexibility index (Phi) is 4.88. The molecule has 0 aromatic heterocycles. The SMILES string of the molecule is NCC(COc1ccccc1O)C1CCS(=O)(=O)CC1. The molecule has 0 amide bonds. The number of benzene rings is 1. The zero-order valence-corrected chi connectivity index (χ0v) is 12.2. The lowest BCUT2D eigenvalue weighted by atomic mass is 9.88. The van der Waals surface area contributed by atoms with Gasteiger partial charge in [0.2, 0.25) is 0 Å². The molecule has 5 nitrogen and oxygen atoms in total. The minimum Gasteiger partial charge on any atom is -0.504 e. The van der Waals surface area contributed by atoms with E-state index >= 15 is 0 Å². The molecule has 2 rings (SSSR count). The first kappa shape index (κ1) is 15.1. The molecular weight excluding hydrogens is 278 g/mol. The van der Waals surface area contributed by atoms with E-state index in [1.807, 2.05) is 0 Å². The lowest BCUT2D eigenvalue weighted by Crippen LogP contribution is -2.35. The van der Waals surface area contributed by atoms with E-state index in [1.54, 1.807) is 24.3 Å². The van der Waals surface area contributed by atoms with Gasteiger partial charge in [0.1, 0.15) is 9.84 Å². The second kappa shape index (κ2) is 6.45. The molecule has 0 spiro atoms. The average Bonchev–Trinajstić information content (AvgIpc) is 2.42. The van der Waals surface area contributed by atoms with Crippen molar-refractivity contribution in [2.75, 3.05) is 24.7 Å². The predicted octanol–water partition coefficient (Wildman–Crippen LogP) is 1.17. The first-order chi connectivity index (χ1) is 9.52. The smallest absolute Gasteiger partial charge is 0.160 e. The van der Waals surface area contributed by atoms with Crippen molar-refractivity contribution < 1.29 is 18.3 Å². The number of phenolic OH excluding ortho intramolecular Hbond substituents is 1. The molecule has 1 heterocycles. The monoisotopic (exact) mass is 299 g/mol. The summed E-state index contributed by atoms with van der Waals surface area (Å²) in [6.45, 7) is 0.858. The molecule has 1 aliphatic heterocycles. The molecule has 1 atom stereocenters. The van der Waals surface area contributed by atoms with Gasteiger partial charge in [-0.05, 0) is 37.4 Å². The van der Waals surface area contributed by atoms with Crippen molar-refractivity contribution in [2.24, 2.45) is 17.6 Å². The van der Waals surface area contributed by atoms with Crippen LogP contribution in [0.15, 0.2) is 24.3 Å². The summed E-state index contributed by atoms with van der Waals surface area (Å²) < 4.78 is 28.5. The van der Waals surface area contributed by atoms with Crippen molar-refractivity contribution in [2.45, 2.75) is 12.8 Å². The predicted molar refractivity (Wildman–Crippen MR) is 77.5 cm³/mol. The molecule has 3 N–H and O–H groups in total. The topological polar surface area (TPSA) is 89.6 Å². The largest absolute Gasteiger partial charge is 0.504 e. The first-order valence-electron chi connectivity index (χ1n) is 6.83. The molecule has 1 aromatic rings. The van der Waals surface area contributed by atoms with Crippen LogP contribution in [0.3, 0.4) is 0 Å². The summed E-state index contributed by atoms with van der Waals surface area (Å²) >= 11 is 0. The van der Waals surface area contributed by atoms with Crippen LogP contribution in [0.25, 0.3) is 0 Å². The summed E-state index contributed by atoms with van der Waals surface area (Å²) in [5.41, 5.74) is 5.78. The maximum atomic E-state index is 11.4. The second-order valence-electron chi connectivity index (χ2n) is 5.26. The van der Waals surface area contributed by atoms with E-state index in [0.717, 1.165) is 0 Å². The third-order valence-corrected chi connectivity index (χ3v) is 5.60. The molecule has 0 saturated carbocycles. The van der Waals surface area contributed by atoms with Crippen LogP contribution in [0, 0.1) is 11.8 Å². The van der Waals surface area contributed by atoms with Crippen LogP contribution in [-0.2, 0) is 9.84 Å². The van der Waals surface area contributed by atoms with Gasteiger partial charge in [0.05, 0.1) is 18.1 Å². The quantitative estimate of drug-likeness (QED) is 0.852. The molecule has 112 valence electrons. The van der Waals surface area contributed by atoms with Gasteiger partial charge in [-0.1, -0.05) is 12.1 Å². The zero-order valence-electron chi connectivity index (χ0n) is 11.4. The van der Waals surface area contributed by atoms with Crippen molar-refractivity contribution in [3.8, 4) is 11.5 Å². The van der Waals surface area contributed by atoms with E-state index in [1.165, 1.54) is 0 Å². The third kappa shape index (κ3) is 3.86. The molecule has 1 aliphatic rings. The van der Waals surface area contributed by atoms with Gasteiger partial charge in [-0.25, -0.2) is 8.42 Å². The normalized spacial score (nSPS) is 20.4. The fourth-order valence-corrected chi connectivity index (χ4v) is 4.08. The number of ether oxygens (including phenoxy) is 1. The van der Waals surface area contributed by atoms with Crippen LogP contribution in [0.1, 0.15) is 12.8 Å². The van der Waals surface area contributed by atoms with E-state index in [4.69, 9.17) is 10.5 Å². The average molecular weight is 299 g/mol. The van der Waals surface area contributed by atoms with Crippen molar-refractivity contribution in [3.05, 3.63) is 24.3 Å². The second-order valence-corrected chi connectivity index (χ2v) is 7.57. The summed E-state index contributed by atoms with van der Waals surface area (Å²) in [7, 11) is -2.85. The minimum atomic E-state index is -2.85. The maximum Gasteiger partial charge on any atom is 0.160 e. The molecule has 20 heavy (non-hydrogen) atoms. The van der Waals surface area contributed by atoms with Crippen molar-refractivity contribution in [1.29, 1.82) is 0 Å². The molecule has 0 radical (unpaired) electrons. The van der Waals surface area contributed by atoms with E-state index in [0.29, 0.717) is 31.7 Å². The molecule has 1 saturated heterocycles. The Morgan fingerprint density at radius 2 is 1.95 bits per heavy atom. The van der Waals surface area contributed by atoms with Gasteiger partial charge >= 0.3 is 0 Å². The highest BCUT2D eigenvalue weighted by Crippen LogP contribution is 2.29. The summed E-state index contributed by atoms with van der Waals surface area (Å²) in [6.07, 6.45) is 1.29. The Labute approximate surface area is 119 Å². The molecule has 1 fully saturated rings. The summed E-state index contributed by atoms with van der Waals surface area (Å²) in [5, 5.41) is 9.64. The van der Waals surface area contributed by atoms with Gasteiger partial charge in [0, 0.05) is 5.92 Å². The van der Waals surface area contributed by atoms with Crippen LogP contribution in [0.4, 0.5) is 0 Å². The van der Waals surface area contributed by atoms with Gasteiger partial charge in [-0.15, -0.1) is 0 Å². The molecule has 1 unspecified atom stereocenters. The van der Waals surface area contributed by atoms with E-state index in [9.17, 15) is 13.5 Å². The van der Waals surface area contributed by atoms with Gasteiger partial charge in [0.15, 0.2) is 11.5 Å². The summed E-state index contributed by atoms with van der Waals surface area (Å²) in [4.78, 5) is 0. The van der Waals surface area contributed by atoms with Crippen molar-refractivity contribution >= 4 is 9.84 Å². The molecular formula is C14H21NO4S. The van der Waals surface area contributed by atoms with Gasteiger partial charge in [0.25, 0.3) is 0 Å². The van der Waals surface area contributed by atoms with Crippen molar-refractivity contribution in [3.63, 3.8) is 0 Å². The standard InChI is InChI=1S/C14H21NO4S/c15-9-12(11-5-7-20(17,18)8-6-11)10-19-14-4-2-1-3-13(14)16/h1-4,11-12,16H,5-10,15H2. The number of aromatic hydroxyl groups is 1. The number of nitrogens with two attached hydrogens (primary N) is 1. The van der Waals surface area contributed by atoms with Crippen LogP contribution >= 0.6 is 0 Å². The summed E-state index contributed by atoms with van der Waals surface area (Å²) in [5.74, 6) is 1.42. The molecule has 0 bridgehead atoms. The van der Waals surface area contributed by atoms with Crippen LogP contribution in [0.5, 0.6) is 11.5 Å². The maximum absolute atomic E-state index is 11.4. The fourth-order valence-electron chi connectivity index (χ4n) is 2.55. The van der Waals surface area contributed by atoms with Crippen LogP contribution in [0.2, 0.25) is 0 Å². The number of para-hydroxylation sites is 2. The van der Waals surface area contributed by atoms with E-state index < -0.39 is 9.84 Å². The fraction of sp³-hybridized carbons (Fsp3) is 0.571. The Balaban J connectivity index is 1.92. The Hall–Kier alpha value is -1.27. The van der Waals surface area contributed by atoms with Gasteiger partial charge < -0.3 is 15.6 Å². The third-order valence-electron chi connectivity index (χ3n) is 3.89. The number of hydrogen-bond donors (Lipinski definition) is 2. The molecule has 1 aromatic carbocycles. The molecule has 0 aliphatic carbocycles. The molecule has 6 heteroatoms. The Morgan fingerprint density at radius 3 is 2.55 bits per heavy atom. The first-order valence-corrected chi connectivity index (χ1v) is 8.65. The highest BCUT2D eigenvalue weighted by molar-refractivity contribution is 7.91. The van der Waals surface area contributed by atoms with Crippen LogP contribution in [-0.4, -0.2) is 38.2 Å².